The first kappa shape index (κ1) is 17.9. The molecular weight excluding hydrogens is 352 g/mol. The van der Waals surface area contributed by atoms with E-state index in [2.05, 4.69) is 28.1 Å². The molecule has 0 spiro atoms. The van der Waals surface area contributed by atoms with Gasteiger partial charge in [0.2, 0.25) is 0 Å². The van der Waals surface area contributed by atoms with Gasteiger partial charge in [-0.25, -0.2) is 4.79 Å². The Morgan fingerprint density at radius 3 is 2.64 bits per heavy atom. The van der Waals surface area contributed by atoms with Crippen LogP contribution in [0, 0.1) is 6.92 Å². The average molecular weight is 375 g/mol. The van der Waals surface area contributed by atoms with Gasteiger partial charge in [0.25, 0.3) is 0 Å². The van der Waals surface area contributed by atoms with Crippen molar-refractivity contribution in [3.05, 3.63) is 51.7 Å². The molecule has 1 aliphatic carbocycles. The molecule has 132 valence electrons. The summed E-state index contributed by atoms with van der Waals surface area (Å²) in [5.74, 6) is -0.342. The molecule has 1 aliphatic rings. The second-order valence-electron chi connectivity index (χ2n) is 6.32. The number of rotatable bonds is 4. The molecule has 25 heavy (non-hydrogen) atoms. The number of benzene rings is 1. The second-order valence-corrected chi connectivity index (χ2v) is 7.67. The molecule has 0 aliphatic heterocycles. The number of ether oxygens (including phenoxy) is 1. The minimum absolute atomic E-state index is 0.0773. The third kappa shape index (κ3) is 3.70. The van der Waals surface area contributed by atoms with Crippen molar-refractivity contribution in [2.24, 2.45) is 0 Å². The highest BCUT2D eigenvalue weighted by molar-refractivity contribution is 7.80. The first-order valence-corrected chi connectivity index (χ1v) is 9.65. The zero-order valence-electron chi connectivity index (χ0n) is 14.4. The van der Waals surface area contributed by atoms with Crippen molar-refractivity contribution in [2.75, 3.05) is 12.4 Å². The summed E-state index contributed by atoms with van der Waals surface area (Å²) in [6.45, 7) is 1.89. The lowest BCUT2D eigenvalue weighted by Crippen LogP contribution is -2.45. The van der Waals surface area contributed by atoms with Gasteiger partial charge in [0.1, 0.15) is 0 Å². The Morgan fingerprint density at radius 2 is 2.00 bits per heavy atom. The number of nitrogens with one attached hydrogen (secondary N) is 2. The summed E-state index contributed by atoms with van der Waals surface area (Å²) in [5, 5.41) is 9.50. The van der Waals surface area contributed by atoms with Crippen LogP contribution in [0.15, 0.2) is 35.7 Å². The first-order valence-electron chi connectivity index (χ1n) is 8.37. The second kappa shape index (κ2) is 7.54. The molecule has 0 atom stereocenters. The van der Waals surface area contributed by atoms with Crippen molar-refractivity contribution in [1.29, 1.82) is 0 Å². The molecular formula is C19H22N2O2S2. The molecule has 1 fully saturated rings. The Labute approximate surface area is 157 Å². The maximum absolute atomic E-state index is 11.9. The predicted octanol–water partition coefficient (Wildman–Crippen LogP) is 4.60. The Hall–Kier alpha value is -1.92. The molecule has 1 aromatic heterocycles. The molecule has 0 unspecified atom stereocenters. The minimum atomic E-state index is -0.342. The molecule has 1 saturated carbocycles. The molecule has 2 N–H and O–H groups in total. The van der Waals surface area contributed by atoms with Gasteiger partial charge < -0.3 is 15.4 Å². The summed E-state index contributed by atoms with van der Waals surface area (Å²) in [4.78, 5) is 13.2. The fourth-order valence-corrected chi connectivity index (χ4v) is 4.68. The number of methoxy groups -OCH3 is 1. The standard InChI is InChI=1S/C19H22N2O2S2/c1-13-14(17(22)23-2)7-5-8-15(13)20-18(24)21-19(10-3-4-11-19)16-9-6-12-25-16/h5-9,12H,3-4,10-11H2,1-2H3,(H2,20,21,24). The molecule has 0 bridgehead atoms. The van der Waals surface area contributed by atoms with Crippen molar-refractivity contribution in [3.63, 3.8) is 0 Å². The lowest BCUT2D eigenvalue weighted by Gasteiger charge is -2.31. The SMILES string of the molecule is COC(=O)c1cccc(NC(=S)NC2(c3cccs3)CCCC2)c1C. The monoisotopic (exact) mass is 374 g/mol. The van der Waals surface area contributed by atoms with Crippen molar-refractivity contribution in [2.45, 2.75) is 38.1 Å². The molecule has 6 heteroatoms. The highest BCUT2D eigenvalue weighted by atomic mass is 32.1. The number of esters is 1. The lowest BCUT2D eigenvalue weighted by molar-refractivity contribution is 0.0600. The maximum Gasteiger partial charge on any atom is 0.338 e. The highest BCUT2D eigenvalue weighted by Crippen LogP contribution is 2.40. The van der Waals surface area contributed by atoms with Crippen LogP contribution in [0.1, 0.15) is 46.5 Å². The average Bonchev–Trinajstić information content (AvgIpc) is 3.28. The largest absolute Gasteiger partial charge is 0.465 e. The van der Waals surface area contributed by atoms with E-state index in [4.69, 9.17) is 17.0 Å². The molecule has 1 aromatic carbocycles. The normalized spacial score (nSPS) is 15.6. The maximum atomic E-state index is 11.9. The zero-order valence-corrected chi connectivity index (χ0v) is 16.1. The smallest absolute Gasteiger partial charge is 0.338 e. The van der Waals surface area contributed by atoms with E-state index in [-0.39, 0.29) is 11.5 Å². The molecule has 3 rings (SSSR count). The Kier molecular flexibility index (Phi) is 5.39. The zero-order chi connectivity index (χ0) is 17.9. The number of hydrogen-bond acceptors (Lipinski definition) is 4. The predicted molar refractivity (Wildman–Crippen MR) is 106 cm³/mol. The minimum Gasteiger partial charge on any atom is -0.465 e. The van der Waals surface area contributed by atoms with Crippen LogP contribution in [0.3, 0.4) is 0 Å². The van der Waals surface area contributed by atoms with Crippen molar-refractivity contribution in [3.8, 4) is 0 Å². The van der Waals surface area contributed by atoms with E-state index >= 15 is 0 Å². The van der Waals surface area contributed by atoms with Gasteiger partial charge in [0.05, 0.1) is 18.2 Å². The van der Waals surface area contributed by atoms with Gasteiger partial charge >= 0.3 is 5.97 Å². The van der Waals surface area contributed by atoms with Crippen LogP contribution in [0.2, 0.25) is 0 Å². The van der Waals surface area contributed by atoms with Crippen molar-refractivity contribution in [1.82, 2.24) is 5.32 Å². The van der Waals surface area contributed by atoms with Gasteiger partial charge in [-0.05, 0) is 61.1 Å². The van der Waals surface area contributed by atoms with E-state index in [0.717, 1.165) is 24.1 Å². The van der Waals surface area contributed by atoms with Crippen LogP contribution in [-0.4, -0.2) is 18.2 Å². The van der Waals surface area contributed by atoms with Crippen LogP contribution in [-0.2, 0) is 10.3 Å². The van der Waals surface area contributed by atoms with Gasteiger partial charge in [-0.1, -0.05) is 25.0 Å². The van der Waals surface area contributed by atoms with E-state index in [0.29, 0.717) is 10.7 Å². The highest BCUT2D eigenvalue weighted by Gasteiger charge is 2.37. The van der Waals surface area contributed by atoms with Gasteiger partial charge in [-0.2, -0.15) is 0 Å². The van der Waals surface area contributed by atoms with E-state index in [1.54, 1.807) is 17.4 Å². The molecule has 0 saturated heterocycles. The van der Waals surface area contributed by atoms with Crippen LogP contribution in [0.4, 0.5) is 5.69 Å². The molecule has 0 radical (unpaired) electrons. The van der Waals surface area contributed by atoms with E-state index in [1.807, 2.05) is 19.1 Å². The summed E-state index contributed by atoms with van der Waals surface area (Å²) in [6, 6.07) is 9.76. The third-order valence-corrected chi connectivity index (χ3v) is 6.07. The summed E-state index contributed by atoms with van der Waals surface area (Å²) in [7, 11) is 1.39. The molecule has 2 aromatic rings. The van der Waals surface area contributed by atoms with Gasteiger partial charge in [0.15, 0.2) is 5.11 Å². The fourth-order valence-electron chi connectivity index (χ4n) is 3.44. The van der Waals surface area contributed by atoms with Gasteiger partial charge in [-0.3, -0.25) is 0 Å². The van der Waals surface area contributed by atoms with Gasteiger partial charge in [0, 0.05) is 10.6 Å². The Balaban J connectivity index is 1.78. The quantitative estimate of drug-likeness (QED) is 0.605. The Bertz CT molecular complexity index is 766. The number of carbonyl (C=O) groups excluding carboxylic acids is 1. The molecule has 1 heterocycles. The van der Waals surface area contributed by atoms with E-state index in [9.17, 15) is 4.79 Å². The van der Waals surface area contributed by atoms with Gasteiger partial charge in [-0.15, -0.1) is 11.3 Å². The summed E-state index contributed by atoms with van der Waals surface area (Å²) in [5.41, 5.74) is 2.12. The number of thiophene rings is 1. The number of hydrogen-bond donors (Lipinski definition) is 2. The van der Waals surface area contributed by atoms with Crippen LogP contribution in [0.5, 0.6) is 0 Å². The van der Waals surface area contributed by atoms with E-state index < -0.39 is 0 Å². The number of anilines is 1. The topological polar surface area (TPSA) is 50.4 Å². The fraction of sp³-hybridized carbons (Fsp3) is 0.368. The van der Waals surface area contributed by atoms with Crippen LogP contribution < -0.4 is 10.6 Å². The molecule has 0 amide bonds. The summed E-state index contributed by atoms with van der Waals surface area (Å²) < 4.78 is 4.84. The third-order valence-electron chi connectivity index (χ3n) is 4.79. The number of thiocarbonyl (C=S) groups is 1. The number of carbonyl (C=O) groups is 1. The molecule has 4 nitrogen and oxygen atoms in total. The Morgan fingerprint density at radius 1 is 1.24 bits per heavy atom. The van der Waals surface area contributed by atoms with Crippen LogP contribution >= 0.6 is 23.6 Å². The van der Waals surface area contributed by atoms with E-state index in [1.165, 1.54) is 24.8 Å². The van der Waals surface area contributed by atoms with Crippen molar-refractivity contribution < 1.29 is 9.53 Å². The van der Waals surface area contributed by atoms with Crippen molar-refractivity contribution >= 4 is 40.3 Å². The first-order chi connectivity index (χ1) is 12.1. The lowest BCUT2D eigenvalue weighted by atomic mass is 9.96. The van der Waals surface area contributed by atoms with Crippen LogP contribution in [0.25, 0.3) is 0 Å². The summed E-state index contributed by atoms with van der Waals surface area (Å²) in [6.07, 6.45) is 4.56. The summed E-state index contributed by atoms with van der Waals surface area (Å²) >= 11 is 7.35.